The van der Waals surface area contributed by atoms with Crippen LogP contribution in [0.25, 0.3) is 10.8 Å². The largest absolute Gasteiger partial charge is 0.369 e. The summed E-state index contributed by atoms with van der Waals surface area (Å²) in [7, 11) is 0. The van der Waals surface area contributed by atoms with Crippen LogP contribution in [0.2, 0.25) is 0 Å². The van der Waals surface area contributed by atoms with Gasteiger partial charge in [-0.3, -0.25) is 14.5 Å². The lowest BCUT2D eigenvalue weighted by atomic mass is 9.88. The first kappa shape index (κ1) is 14.7. The van der Waals surface area contributed by atoms with Crippen LogP contribution in [0, 0.1) is 5.92 Å². The molecular formula is C18H20N2O2. The van der Waals surface area contributed by atoms with Crippen LogP contribution >= 0.6 is 0 Å². The minimum atomic E-state index is -0.335. The maximum atomic E-state index is 12.9. The Bertz CT molecular complexity index is 706. The third-order valence-electron chi connectivity index (χ3n) is 4.31. The fourth-order valence-corrected chi connectivity index (χ4v) is 3.29. The van der Waals surface area contributed by atoms with E-state index < -0.39 is 0 Å². The summed E-state index contributed by atoms with van der Waals surface area (Å²) in [6.45, 7) is 1.69. The van der Waals surface area contributed by atoms with Gasteiger partial charge in [0.2, 0.25) is 5.91 Å². The zero-order valence-corrected chi connectivity index (χ0v) is 12.5. The van der Waals surface area contributed by atoms with Crippen LogP contribution in [0.5, 0.6) is 0 Å². The molecule has 1 aliphatic rings. The quantitative estimate of drug-likeness (QED) is 0.880. The maximum absolute atomic E-state index is 12.9. The van der Waals surface area contributed by atoms with Gasteiger partial charge in [0.1, 0.15) is 0 Å². The number of piperidine rings is 1. The number of hydrogen-bond donors (Lipinski definition) is 1. The Morgan fingerprint density at radius 3 is 2.73 bits per heavy atom. The molecule has 2 N–H and O–H groups in total. The summed E-state index contributed by atoms with van der Waals surface area (Å²) in [5, 5.41) is 2.08. The smallest absolute Gasteiger partial charge is 0.231 e. The number of rotatable bonds is 4. The number of nitrogens with zero attached hydrogens (tertiary/aromatic N) is 1. The van der Waals surface area contributed by atoms with Gasteiger partial charge in [0.05, 0.1) is 6.54 Å². The van der Waals surface area contributed by atoms with Gasteiger partial charge in [-0.1, -0.05) is 42.5 Å². The van der Waals surface area contributed by atoms with E-state index >= 15 is 0 Å². The van der Waals surface area contributed by atoms with Crippen LogP contribution < -0.4 is 5.73 Å². The number of benzene rings is 2. The fraction of sp³-hybridized carbons (Fsp3) is 0.333. The number of Topliss-reactive ketones (excluding diaryl/α,β-unsaturated/α-hetero) is 1. The number of fused-ring (bicyclic) bond motifs is 1. The Kier molecular flexibility index (Phi) is 4.20. The SMILES string of the molecule is NC(=O)CN1CCCC(C(=O)c2cccc3ccccc23)C1. The highest BCUT2D eigenvalue weighted by Gasteiger charge is 2.27. The molecule has 1 atom stereocenters. The number of primary amides is 1. The van der Waals surface area contributed by atoms with E-state index in [2.05, 4.69) is 0 Å². The summed E-state index contributed by atoms with van der Waals surface area (Å²) in [5.74, 6) is -0.219. The van der Waals surface area contributed by atoms with Gasteiger partial charge >= 0.3 is 0 Å². The number of hydrogen-bond acceptors (Lipinski definition) is 3. The predicted octanol–water partition coefficient (Wildman–Crippen LogP) is 2.22. The Hall–Kier alpha value is -2.20. The summed E-state index contributed by atoms with van der Waals surface area (Å²) in [5.41, 5.74) is 6.05. The molecule has 1 aliphatic heterocycles. The van der Waals surface area contributed by atoms with E-state index in [1.54, 1.807) is 0 Å². The minimum absolute atomic E-state index is 0.0566. The van der Waals surface area contributed by atoms with Gasteiger partial charge < -0.3 is 5.73 Å². The van der Waals surface area contributed by atoms with Gasteiger partial charge in [-0.05, 0) is 30.2 Å². The van der Waals surface area contributed by atoms with Crippen molar-refractivity contribution in [1.29, 1.82) is 0 Å². The van der Waals surface area contributed by atoms with Gasteiger partial charge in [-0.15, -0.1) is 0 Å². The molecular weight excluding hydrogens is 276 g/mol. The van der Waals surface area contributed by atoms with Crippen molar-refractivity contribution in [3.05, 3.63) is 48.0 Å². The molecule has 0 aliphatic carbocycles. The molecule has 2 aromatic rings. The number of nitrogens with two attached hydrogens (primary N) is 1. The fourth-order valence-electron chi connectivity index (χ4n) is 3.29. The zero-order chi connectivity index (χ0) is 15.5. The van der Waals surface area contributed by atoms with Gasteiger partial charge in [0.15, 0.2) is 5.78 Å². The average molecular weight is 296 g/mol. The van der Waals surface area contributed by atoms with E-state index in [4.69, 9.17) is 5.73 Å². The third kappa shape index (κ3) is 3.02. The molecule has 0 radical (unpaired) electrons. The standard InChI is InChI=1S/C18H20N2O2/c19-17(21)12-20-10-4-7-14(11-20)18(22)16-9-3-6-13-5-1-2-8-15(13)16/h1-3,5-6,8-9,14H,4,7,10-12H2,(H2,19,21). The monoisotopic (exact) mass is 296 g/mol. The lowest BCUT2D eigenvalue weighted by molar-refractivity contribution is -0.119. The summed E-state index contributed by atoms with van der Waals surface area (Å²) >= 11 is 0. The highest BCUT2D eigenvalue weighted by atomic mass is 16.1. The van der Waals surface area contributed by atoms with Crippen molar-refractivity contribution in [2.24, 2.45) is 11.7 Å². The molecule has 1 fully saturated rings. The molecule has 1 saturated heterocycles. The predicted molar refractivity (Wildman–Crippen MR) is 86.6 cm³/mol. The van der Waals surface area contributed by atoms with E-state index in [1.807, 2.05) is 47.4 Å². The molecule has 1 amide bonds. The molecule has 4 nitrogen and oxygen atoms in total. The Morgan fingerprint density at radius 2 is 1.91 bits per heavy atom. The minimum Gasteiger partial charge on any atom is -0.369 e. The molecule has 3 rings (SSSR count). The van der Waals surface area contributed by atoms with Gasteiger partial charge in [0.25, 0.3) is 0 Å². The van der Waals surface area contributed by atoms with E-state index in [1.165, 1.54) is 0 Å². The molecule has 0 bridgehead atoms. The molecule has 1 heterocycles. The van der Waals surface area contributed by atoms with Crippen LogP contribution in [-0.2, 0) is 4.79 Å². The van der Waals surface area contributed by atoms with Crippen molar-refractivity contribution < 1.29 is 9.59 Å². The summed E-state index contributed by atoms with van der Waals surface area (Å²) in [6, 6.07) is 13.8. The van der Waals surface area contributed by atoms with E-state index in [-0.39, 0.29) is 24.2 Å². The lowest BCUT2D eigenvalue weighted by Gasteiger charge is -2.31. The molecule has 114 valence electrons. The molecule has 22 heavy (non-hydrogen) atoms. The number of carbonyl (C=O) groups excluding carboxylic acids is 2. The lowest BCUT2D eigenvalue weighted by Crippen LogP contribution is -2.42. The molecule has 4 heteroatoms. The first-order chi connectivity index (χ1) is 10.6. The molecule has 2 aromatic carbocycles. The van der Waals surface area contributed by atoms with Crippen molar-refractivity contribution in [2.45, 2.75) is 12.8 Å². The Morgan fingerprint density at radius 1 is 1.14 bits per heavy atom. The number of ketones is 1. The molecule has 1 unspecified atom stereocenters. The van der Waals surface area contributed by atoms with Crippen LogP contribution in [0.4, 0.5) is 0 Å². The highest BCUT2D eigenvalue weighted by Crippen LogP contribution is 2.25. The van der Waals surface area contributed by atoms with Gasteiger partial charge in [0, 0.05) is 18.0 Å². The maximum Gasteiger partial charge on any atom is 0.231 e. The summed E-state index contributed by atoms with van der Waals surface area (Å²) < 4.78 is 0. The van der Waals surface area contributed by atoms with Crippen molar-refractivity contribution in [3.8, 4) is 0 Å². The van der Waals surface area contributed by atoms with Crippen molar-refractivity contribution >= 4 is 22.5 Å². The molecule has 0 aromatic heterocycles. The van der Waals surface area contributed by atoms with E-state index in [0.717, 1.165) is 35.7 Å². The third-order valence-corrected chi connectivity index (χ3v) is 4.31. The van der Waals surface area contributed by atoms with Gasteiger partial charge in [-0.2, -0.15) is 0 Å². The first-order valence-electron chi connectivity index (χ1n) is 7.68. The van der Waals surface area contributed by atoms with Crippen LogP contribution in [0.1, 0.15) is 23.2 Å². The highest BCUT2D eigenvalue weighted by molar-refractivity contribution is 6.09. The zero-order valence-electron chi connectivity index (χ0n) is 12.5. The second-order valence-corrected chi connectivity index (χ2v) is 5.93. The molecule has 0 spiro atoms. The Labute approximate surface area is 129 Å². The van der Waals surface area contributed by atoms with Crippen molar-refractivity contribution in [1.82, 2.24) is 4.90 Å². The normalized spacial score (nSPS) is 19.2. The van der Waals surface area contributed by atoms with Crippen LogP contribution in [0.15, 0.2) is 42.5 Å². The summed E-state index contributed by atoms with van der Waals surface area (Å²) in [4.78, 5) is 26.0. The number of carbonyl (C=O) groups is 2. The van der Waals surface area contributed by atoms with Crippen molar-refractivity contribution in [3.63, 3.8) is 0 Å². The van der Waals surface area contributed by atoms with Crippen molar-refractivity contribution in [2.75, 3.05) is 19.6 Å². The van der Waals surface area contributed by atoms with E-state index in [9.17, 15) is 9.59 Å². The second-order valence-electron chi connectivity index (χ2n) is 5.93. The number of likely N-dealkylation sites (tertiary alicyclic amines) is 1. The second kappa shape index (κ2) is 6.28. The number of amides is 1. The summed E-state index contributed by atoms with van der Waals surface area (Å²) in [6.07, 6.45) is 1.80. The van der Waals surface area contributed by atoms with E-state index in [0.29, 0.717) is 6.54 Å². The Balaban J connectivity index is 1.84. The van der Waals surface area contributed by atoms with Crippen LogP contribution in [-0.4, -0.2) is 36.2 Å². The van der Waals surface area contributed by atoms with Gasteiger partial charge in [-0.25, -0.2) is 0 Å². The van der Waals surface area contributed by atoms with Crippen LogP contribution in [0.3, 0.4) is 0 Å². The molecule has 0 saturated carbocycles. The average Bonchev–Trinajstić information content (AvgIpc) is 2.53. The topological polar surface area (TPSA) is 63.4 Å². The first-order valence-corrected chi connectivity index (χ1v) is 7.68.